The maximum absolute atomic E-state index is 12.2. The van der Waals surface area contributed by atoms with E-state index in [9.17, 15) is 4.79 Å². The molecule has 1 saturated heterocycles. The van der Waals surface area contributed by atoms with Gasteiger partial charge in [0.1, 0.15) is 28.2 Å². The molecule has 0 atom stereocenters. The highest BCUT2D eigenvalue weighted by atomic mass is 79.9. The second kappa shape index (κ2) is 7.24. The maximum Gasteiger partial charge on any atom is 0.332 e. The topological polar surface area (TPSA) is 65.4 Å². The van der Waals surface area contributed by atoms with Crippen LogP contribution in [-0.4, -0.2) is 40.8 Å². The van der Waals surface area contributed by atoms with E-state index in [0.717, 1.165) is 49.2 Å². The molecule has 1 aromatic heterocycles. The molecule has 0 unspecified atom stereocenters. The van der Waals surface area contributed by atoms with Crippen molar-refractivity contribution in [3.05, 3.63) is 16.6 Å². The number of imidazole rings is 1. The summed E-state index contributed by atoms with van der Waals surface area (Å²) in [5.41, 5.74) is -0.668. The van der Waals surface area contributed by atoms with E-state index in [-0.39, 0.29) is 12.6 Å². The number of esters is 1. The quantitative estimate of drug-likeness (QED) is 0.746. The van der Waals surface area contributed by atoms with Crippen LogP contribution in [0.1, 0.15) is 58.7 Å². The van der Waals surface area contributed by atoms with E-state index >= 15 is 0 Å². The number of aryl methyl sites for hydroxylation is 1. The van der Waals surface area contributed by atoms with Gasteiger partial charge in [-0.25, -0.2) is 9.78 Å². The van der Waals surface area contributed by atoms with Crippen LogP contribution in [0.15, 0.2) is 10.8 Å². The van der Waals surface area contributed by atoms with E-state index in [4.69, 9.17) is 9.47 Å². The molecule has 1 saturated carbocycles. The van der Waals surface area contributed by atoms with E-state index in [1.807, 2.05) is 38.6 Å². The lowest BCUT2D eigenvalue weighted by Gasteiger charge is -2.44. The number of ether oxygens (including phenoxy) is 2. The zero-order chi connectivity index (χ0) is 19.0. The molecule has 26 heavy (non-hydrogen) atoms. The number of nitrogens with one attached hydrogen (secondary N) is 1. The minimum Gasteiger partial charge on any atom is -0.458 e. The van der Waals surface area contributed by atoms with Crippen molar-refractivity contribution >= 4 is 21.9 Å². The second-order valence-corrected chi connectivity index (χ2v) is 9.61. The van der Waals surface area contributed by atoms with Gasteiger partial charge < -0.3 is 19.4 Å². The Labute approximate surface area is 164 Å². The van der Waals surface area contributed by atoms with Gasteiger partial charge >= 0.3 is 5.97 Å². The first-order valence-electron chi connectivity index (χ1n) is 9.39. The van der Waals surface area contributed by atoms with Crippen LogP contribution < -0.4 is 5.32 Å². The molecule has 2 heterocycles. The molecule has 6 nitrogen and oxygen atoms in total. The molecule has 0 amide bonds. The average molecular weight is 428 g/mol. The summed E-state index contributed by atoms with van der Waals surface area (Å²) in [5, 5.41) is 3.50. The van der Waals surface area contributed by atoms with E-state index in [2.05, 4.69) is 26.2 Å². The van der Waals surface area contributed by atoms with E-state index < -0.39 is 11.2 Å². The van der Waals surface area contributed by atoms with E-state index in [1.165, 1.54) is 6.42 Å². The Bertz CT molecular complexity index is 649. The normalized spacial score (nSPS) is 29.3. The predicted octanol–water partition coefficient (Wildman–Crippen LogP) is 3.29. The van der Waals surface area contributed by atoms with Gasteiger partial charge in [0.05, 0.1) is 0 Å². The summed E-state index contributed by atoms with van der Waals surface area (Å²) in [6, 6.07) is 0. The van der Waals surface area contributed by atoms with Crippen LogP contribution in [0.2, 0.25) is 0 Å². The fourth-order valence-corrected chi connectivity index (χ4v) is 4.74. The fraction of sp³-hybridized carbons (Fsp3) is 0.789. The summed E-state index contributed by atoms with van der Waals surface area (Å²) in [7, 11) is 1.98. The molecule has 1 N–H and O–H groups in total. The minimum atomic E-state index is -0.536. The first-order chi connectivity index (χ1) is 12.1. The second-order valence-electron chi connectivity index (χ2n) is 8.79. The summed E-state index contributed by atoms with van der Waals surface area (Å²) >= 11 is 3.46. The summed E-state index contributed by atoms with van der Waals surface area (Å²) in [5.74, 6) is 0.557. The van der Waals surface area contributed by atoms with Gasteiger partial charge in [-0.05, 0) is 80.8 Å². The lowest BCUT2D eigenvalue weighted by molar-refractivity contribution is -0.173. The molecule has 0 aromatic carbocycles. The summed E-state index contributed by atoms with van der Waals surface area (Å²) in [4.78, 5) is 16.9. The Morgan fingerprint density at radius 3 is 2.50 bits per heavy atom. The van der Waals surface area contributed by atoms with Crippen molar-refractivity contribution < 1.29 is 14.3 Å². The predicted molar refractivity (Wildman–Crippen MR) is 103 cm³/mol. The maximum atomic E-state index is 12.2. The Kier molecular flexibility index (Phi) is 5.53. The standard InChI is InChI=1S/C19H30BrN3O3/c1-17(2,3)26-15(24)12-25-19(16-22-14(20)11-23(16)4)7-5-18(6-8-19)9-10-21-13-18/h11,21H,5-10,12-13H2,1-4H3. The zero-order valence-corrected chi connectivity index (χ0v) is 17.8. The summed E-state index contributed by atoms with van der Waals surface area (Å²) in [6.07, 6.45) is 7.07. The number of aromatic nitrogens is 2. The monoisotopic (exact) mass is 427 g/mol. The molecule has 1 aliphatic heterocycles. The van der Waals surface area contributed by atoms with E-state index in [1.54, 1.807) is 0 Å². The highest BCUT2D eigenvalue weighted by Crippen LogP contribution is 2.50. The third-order valence-corrected chi connectivity index (χ3v) is 5.97. The number of halogens is 1. The van der Waals surface area contributed by atoms with Crippen LogP contribution in [0.3, 0.4) is 0 Å². The van der Waals surface area contributed by atoms with Gasteiger partial charge in [-0.15, -0.1) is 0 Å². The van der Waals surface area contributed by atoms with Crippen LogP contribution >= 0.6 is 15.9 Å². The van der Waals surface area contributed by atoms with Crippen molar-refractivity contribution in [2.75, 3.05) is 19.7 Å². The number of nitrogens with zero attached hydrogens (tertiary/aromatic N) is 2. The first-order valence-corrected chi connectivity index (χ1v) is 10.2. The van der Waals surface area contributed by atoms with Gasteiger partial charge in [0, 0.05) is 19.8 Å². The molecule has 1 spiro atoms. The van der Waals surface area contributed by atoms with Gasteiger partial charge in [0.15, 0.2) is 0 Å². The summed E-state index contributed by atoms with van der Waals surface area (Å²) in [6.45, 7) is 7.74. The average Bonchev–Trinajstić information content (AvgIpc) is 3.13. The van der Waals surface area contributed by atoms with Crippen LogP contribution in [0.25, 0.3) is 0 Å². The minimum absolute atomic E-state index is 0.0486. The van der Waals surface area contributed by atoms with Crippen LogP contribution in [0.5, 0.6) is 0 Å². The molecular formula is C19H30BrN3O3. The van der Waals surface area contributed by atoms with Gasteiger partial charge in [-0.3, -0.25) is 0 Å². The highest BCUT2D eigenvalue weighted by Gasteiger charge is 2.48. The van der Waals surface area contributed by atoms with Crippen LogP contribution in [-0.2, 0) is 26.9 Å². The van der Waals surface area contributed by atoms with Crippen molar-refractivity contribution in [2.45, 2.75) is 64.1 Å². The highest BCUT2D eigenvalue weighted by molar-refractivity contribution is 9.10. The molecule has 1 aliphatic carbocycles. The number of carbonyl (C=O) groups excluding carboxylic acids is 1. The van der Waals surface area contributed by atoms with Gasteiger partial charge in [-0.1, -0.05) is 0 Å². The third-order valence-electron chi connectivity index (χ3n) is 5.59. The van der Waals surface area contributed by atoms with Gasteiger partial charge in [0.2, 0.25) is 0 Å². The lowest BCUT2D eigenvalue weighted by atomic mass is 9.68. The Morgan fingerprint density at radius 2 is 2.00 bits per heavy atom. The molecule has 2 aliphatic rings. The van der Waals surface area contributed by atoms with E-state index in [0.29, 0.717) is 5.41 Å². The first kappa shape index (κ1) is 19.8. The molecule has 0 bridgehead atoms. The summed E-state index contributed by atoms with van der Waals surface area (Å²) < 4.78 is 14.5. The van der Waals surface area contributed by atoms with Crippen molar-refractivity contribution in [1.82, 2.24) is 14.9 Å². The number of hydrogen-bond acceptors (Lipinski definition) is 5. The molecule has 0 radical (unpaired) electrons. The van der Waals surface area contributed by atoms with Crippen molar-refractivity contribution in [2.24, 2.45) is 12.5 Å². The number of hydrogen-bond donors (Lipinski definition) is 1. The van der Waals surface area contributed by atoms with Crippen molar-refractivity contribution in [3.63, 3.8) is 0 Å². The zero-order valence-electron chi connectivity index (χ0n) is 16.2. The third kappa shape index (κ3) is 4.31. The Morgan fingerprint density at radius 1 is 1.31 bits per heavy atom. The Balaban J connectivity index is 1.77. The van der Waals surface area contributed by atoms with Crippen LogP contribution in [0, 0.1) is 5.41 Å². The molecular weight excluding hydrogens is 398 g/mol. The molecule has 7 heteroatoms. The number of carbonyl (C=O) groups is 1. The smallest absolute Gasteiger partial charge is 0.332 e. The molecule has 3 rings (SSSR count). The lowest BCUT2D eigenvalue weighted by Crippen LogP contribution is -2.43. The SMILES string of the molecule is Cn1cc(Br)nc1C1(OCC(=O)OC(C)(C)C)CCC2(CCNC2)CC1. The van der Waals surface area contributed by atoms with Crippen molar-refractivity contribution in [3.8, 4) is 0 Å². The van der Waals surface area contributed by atoms with Crippen LogP contribution in [0.4, 0.5) is 0 Å². The largest absolute Gasteiger partial charge is 0.458 e. The Hall–Kier alpha value is -0.920. The number of rotatable bonds is 4. The van der Waals surface area contributed by atoms with Gasteiger partial charge in [0.25, 0.3) is 0 Å². The molecule has 1 aromatic rings. The molecule has 2 fully saturated rings. The van der Waals surface area contributed by atoms with Gasteiger partial charge in [-0.2, -0.15) is 0 Å². The van der Waals surface area contributed by atoms with Crippen molar-refractivity contribution in [1.29, 1.82) is 0 Å². The molecule has 146 valence electrons. The fourth-order valence-electron chi connectivity index (χ4n) is 4.26.